The number of methoxy groups -OCH3 is 1. The van der Waals surface area contributed by atoms with Gasteiger partial charge in [0, 0.05) is 11.1 Å². The molecule has 4 nitrogen and oxygen atoms in total. The molecule has 4 heteroatoms. The Morgan fingerprint density at radius 3 is 2.52 bits per heavy atom. The highest BCUT2D eigenvalue weighted by molar-refractivity contribution is 6.13. The number of ether oxygens (including phenoxy) is 2. The van der Waals surface area contributed by atoms with Gasteiger partial charge in [-0.1, -0.05) is 48.5 Å². The van der Waals surface area contributed by atoms with Gasteiger partial charge in [0.15, 0.2) is 5.70 Å². The molecular formula is C21H15NO3. The highest BCUT2D eigenvalue weighted by atomic mass is 16.6. The number of aliphatic imine (C=N–C) groups is 1. The molecule has 0 radical (unpaired) electrons. The predicted molar refractivity (Wildman–Crippen MR) is 97.5 cm³/mol. The third-order valence-corrected chi connectivity index (χ3v) is 4.07. The number of carbonyl (C=O) groups excluding carboxylic acids is 1. The van der Waals surface area contributed by atoms with Gasteiger partial charge in [-0.05, 0) is 35.0 Å². The number of carbonyl (C=O) groups is 1. The summed E-state index contributed by atoms with van der Waals surface area (Å²) in [5.74, 6) is 0.534. The Morgan fingerprint density at radius 2 is 1.72 bits per heavy atom. The van der Waals surface area contributed by atoms with E-state index in [4.69, 9.17) is 9.47 Å². The Labute approximate surface area is 145 Å². The molecule has 0 unspecified atom stereocenters. The molecule has 4 rings (SSSR count). The molecule has 1 aliphatic heterocycles. The van der Waals surface area contributed by atoms with Crippen molar-refractivity contribution in [3.63, 3.8) is 0 Å². The fraction of sp³-hybridized carbons (Fsp3) is 0.0476. The Morgan fingerprint density at radius 1 is 0.960 bits per heavy atom. The number of hydrogen-bond donors (Lipinski definition) is 0. The van der Waals surface area contributed by atoms with E-state index < -0.39 is 5.97 Å². The maximum absolute atomic E-state index is 12.3. The zero-order chi connectivity index (χ0) is 17.2. The zero-order valence-corrected chi connectivity index (χ0v) is 13.6. The predicted octanol–water partition coefficient (Wildman–Crippen LogP) is 4.19. The van der Waals surface area contributed by atoms with Crippen LogP contribution in [0.25, 0.3) is 16.8 Å². The first-order valence-electron chi connectivity index (χ1n) is 7.90. The zero-order valence-electron chi connectivity index (χ0n) is 13.6. The lowest BCUT2D eigenvalue weighted by atomic mass is 10.0. The Kier molecular flexibility index (Phi) is 3.78. The summed E-state index contributed by atoms with van der Waals surface area (Å²) in [7, 11) is 1.61. The van der Waals surface area contributed by atoms with Crippen LogP contribution >= 0.6 is 0 Å². The summed E-state index contributed by atoms with van der Waals surface area (Å²) in [6.45, 7) is 0. The summed E-state index contributed by atoms with van der Waals surface area (Å²) in [5.41, 5.74) is 1.84. The van der Waals surface area contributed by atoms with Gasteiger partial charge in [0.1, 0.15) is 5.75 Å². The number of fused-ring (bicyclic) bond motifs is 1. The van der Waals surface area contributed by atoms with E-state index in [-0.39, 0.29) is 5.70 Å². The summed E-state index contributed by atoms with van der Waals surface area (Å²) in [6, 6.07) is 21.2. The lowest BCUT2D eigenvalue weighted by molar-refractivity contribution is -0.129. The van der Waals surface area contributed by atoms with E-state index in [9.17, 15) is 4.79 Å². The largest absolute Gasteiger partial charge is 0.496 e. The van der Waals surface area contributed by atoms with E-state index in [1.54, 1.807) is 13.2 Å². The van der Waals surface area contributed by atoms with Crippen molar-refractivity contribution >= 4 is 28.7 Å². The smallest absolute Gasteiger partial charge is 0.363 e. The van der Waals surface area contributed by atoms with Crippen molar-refractivity contribution in [1.29, 1.82) is 0 Å². The van der Waals surface area contributed by atoms with Crippen molar-refractivity contribution in [2.45, 2.75) is 0 Å². The van der Waals surface area contributed by atoms with Crippen LogP contribution in [0.5, 0.6) is 5.75 Å². The quantitative estimate of drug-likeness (QED) is 0.535. The second-order valence-corrected chi connectivity index (χ2v) is 5.60. The Hall–Kier alpha value is -3.40. The van der Waals surface area contributed by atoms with Crippen molar-refractivity contribution in [3.05, 3.63) is 83.6 Å². The number of rotatable bonds is 3. The highest BCUT2D eigenvalue weighted by Crippen LogP contribution is 2.31. The minimum Gasteiger partial charge on any atom is -0.496 e. The monoisotopic (exact) mass is 329 g/mol. The molecule has 0 N–H and O–H groups in total. The topological polar surface area (TPSA) is 47.9 Å². The summed E-state index contributed by atoms with van der Waals surface area (Å²) in [5, 5.41) is 2.05. The third-order valence-electron chi connectivity index (χ3n) is 4.07. The molecule has 0 spiro atoms. The highest BCUT2D eigenvalue weighted by Gasteiger charge is 2.24. The fourth-order valence-corrected chi connectivity index (χ4v) is 2.85. The minimum absolute atomic E-state index is 0.258. The minimum atomic E-state index is -0.464. The standard InChI is InChI=1S/C21H15NO3/c1-24-19-12-11-14-7-5-6-10-16(14)17(19)13-18-21(23)25-20(22-18)15-8-3-2-4-9-15/h2-13H,1H3/b18-13-. The molecule has 1 aliphatic rings. The van der Waals surface area contributed by atoms with Crippen molar-refractivity contribution in [1.82, 2.24) is 0 Å². The summed E-state index contributed by atoms with van der Waals surface area (Å²) < 4.78 is 10.8. The van der Waals surface area contributed by atoms with Crippen molar-refractivity contribution in [2.75, 3.05) is 7.11 Å². The molecule has 1 heterocycles. The van der Waals surface area contributed by atoms with Crippen LogP contribution in [-0.2, 0) is 9.53 Å². The van der Waals surface area contributed by atoms with Crippen molar-refractivity contribution in [2.24, 2.45) is 4.99 Å². The van der Waals surface area contributed by atoms with Gasteiger partial charge in [0.2, 0.25) is 5.90 Å². The SMILES string of the molecule is COc1ccc2ccccc2c1/C=C1\N=C(c2ccccc2)OC1=O. The molecule has 3 aromatic carbocycles. The van der Waals surface area contributed by atoms with E-state index in [0.717, 1.165) is 21.9 Å². The second-order valence-electron chi connectivity index (χ2n) is 5.60. The maximum Gasteiger partial charge on any atom is 0.363 e. The van der Waals surface area contributed by atoms with E-state index in [2.05, 4.69) is 4.99 Å². The number of hydrogen-bond acceptors (Lipinski definition) is 4. The number of esters is 1. The van der Waals surface area contributed by atoms with Gasteiger partial charge in [-0.15, -0.1) is 0 Å². The summed E-state index contributed by atoms with van der Waals surface area (Å²) in [6.07, 6.45) is 1.72. The van der Waals surface area contributed by atoms with Gasteiger partial charge < -0.3 is 9.47 Å². The Bertz CT molecular complexity index is 1020. The van der Waals surface area contributed by atoms with Crippen LogP contribution in [0.1, 0.15) is 11.1 Å². The number of cyclic esters (lactones) is 1. The molecule has 0 amide bonds. The molecule has 25 heavy (non-hydrogen) atoms. The van der Waals surface area contributed by atoms with Crippen LogP contribution in [0, 0.1) is 0 Å². The van der Waals surface area contributed by atoms with E-state index >= 15 is 0 Å². The molecule has 0 aromatic heterocycles. The van der Waals surface area contributed by atoms with Crippen molar-refractivity contribution in [3.8, 4) is 5.75 Å². The van der Waals surface area contributed by atoms with Gasteiger partial charge in [-0.25, -0.2) is 9.79 Å². The molecule has 0 aliphatic carbocycles. The van der Waals surface area contributed by atoms with Crippen LogP contribution in [0.4, 0.5) is 0 Å². The second kappa shape index (κ2) is 6.24. The summed E-state index contributed by atoms with van der Waals surface area (Å²) in [4.78, 5) is 16.6. The molecule has 0 saturated carbocycles. The lowest BCUT2D eigenvalue weighted by Crippen LogP contribution is -2.05. The van der Waals surface area contributed by atoms with E-state index in [0.29, 0.717) is 11.6 Å². The average molecular weight is 329 g/mol. The van der Waals surface area contributed by atoms with Crippen LogP contribution in [0.3, 0.4) is 0 Å². The van der Waals surface area contributed by atoms with E-state index in [1.165, 1.54) is 0 Å². The first-order valence-corrected chi connectivity index (χ1v) is 7.90. The normalized spacial score (nSPS) is 15.3. The lowest BCUT2D eigenvalue weighted by Gasteiger charge is -2.08. The number of nitrogens with zero attached hydrogens (tertiary/aromatic N) is 1. The fourth-order valence-electron chi connectivity index (χ4n) is 2.85. The van der Waals surface area contributed by atoms with E-state index in [1.807, 2.05) is 66.7 Å². The van der Waals surface area contributed by atoms with Gasteiger partial charge in [0.25, 0.3) is 0 Å². The average Bonchev–Trinajstić information content (AvgIpc) is 3.03. The van der Waals surface area contributed by atoms with Gasteiger partial charge >= 0.3 is 5.97 Å². The Balaban J connectivity index is 1.85. The van der Waals surface area contributed by atoms with Crippen molar-refractivity contribution < 1.29 is 14.3 Å². The molecule has 0 fully saturated rings. The molecule has 0 atom stereocenters. The van der Waals surface area contributed by atoms with Gasteiger partial charge in [-0.3, -0.25) is 0 Å². The maximum atomic E-state index is 12.3. The summed E-state index contributed by atoms with van der Waals surface area (Å²) >= 11 is 0. The number of benzene rings is 3. The molecular weight excluding hydrogens is 314 g/mol. The molecule has 3 aromatic rings. The van der Waals surface area contributed by atoms with Crippen LogP contribution in [0.15, 0.2) is 77.4 Å². The molecule has 122 valence electrons. The van der Waals surface area contributed by atoms with Gasteiger partial charge in [0.05, 0.1) is 7.11 Å². The van der Waals surface area contributed by atoms with Crippen LogP contribution < -0.4 is 4.74 Å². The van der Waals surface area contributed by atoms with Crippen LogP contribution in [0.2, 0.25) is 0 Å². The van der Waals surface area contributed by atoms with Gasteiger partial charge in [-0.2, -0.15) is 0 Å². The first-order chi connectivity index (χ1) is 12.3. The molecule has 0 saturated heterocycles. The molecule has 0 bridgehead atoms. The third kappa shape index (κ3) is 2.78. The van der Waals surface area contributed by atoms with Crippen LogP contribution in [-0.4, -0.2) is 19.0 Å². The first kappa shape index (κ1) is 15.1.